The lowest BCUT2D eigenvalue weighted by atomic mass is 10.2. The van der Waals surface area contributed by atoms with E-state index < -0.39 is 40.9 Å². The molecule has 0 aliphatic rings. The van der Waals surface area contributed by atoms with Crippen LogP contribution < -0.4 is 23.8 Å². The molecule has 3 rings (SSSR count). The van der Waals surface area contributed by atoms with E-state index in [0.29, 0.717) is 22.9 Å². The van der Waals surface area contributed by atoms with Gasteiger partial charge in [0.1, 0.15) is 23.1 Å². The molecule has 0 radical (unpaired) electrons. The van der Waals surface area contributed by atoms with Crippen LogP contribution in [0.15, 0.2) is 71.6 Å². The van der Waals surface area contributed by atoms with Crippen molar-refractivity contribution >= 4 is 33.3 Å². The topological polar surface area (TPSA) is 120 Å². The molecule has 0 atom stereocenters. The number of nitrogens with zero attached hydrogens (tertiary/aromatic N) is 1. The molecule has 12 heteroatoms. The standard InChI is InChI=1S/C25H25FN2O8S/c1-28(37(31,32)21-11-4-17(26)5-12-21)18-6-8-19(9-7-18)35-16-25(30)36-15-24(29)27-22-14-20(33-2)10-13-23(22)34-3/h4-14H,15-16H2,1-3H3,(H,27,29). The lowest BCUT2D eigenvalue weighted by Gasteiger charge is -2.19. The number of halogens is 1. The van der Waals surface area contributed by atoms with Crippen molar-refractivity contribution in [3.05, 3.63) is 72.5 Å². The molecule has 0 unspecified atom stereocenters. The largest absolute Gasteiger partial charge is 0.497 e. The summed E-state index contributed by atoms with van der Waals surface area (Å²) in [7, 11) is 0.395. The second-order valence-electron chi connectivity index (χ2n) is 7.48. The van der Waals surface area contributed by atoms with Crippen LogP contribution in [0.4, 0.5) is 15.8 Å². The Morgan fingerprint density at radius 1 is 0.892 bits per heavy atom. The zero-order valence-electron chi connectivity index (χ0n) is 20.3. The van der Waals surface area contributed by atoms with Crippen LogP contribution in [0.5, 0.6) is 17.2 Å². The smallest absolute Gasteiger partial charge is 0.344 e. The van der Waals surface area contributed by atoms with Crippen molar-refractivity contribution in [2.24, 2.45) is 0 Å². The third kappa shape index (κ3) is 7.10. The lowest BCUT2D eigenvalue weighted by Crippen LogP contribution is -2.26. The molecule has 0 fully saturated rings. The van der Waals surface area contributed by atoms with Gasteiger partial charge in [0.2, 0.25) is 0 Å². The summed E-state index contributed by atoms with van der Waals surface area (Å²) in [5, 5.41) is 2.57. The lowest BCUT2D eigenvalue weighted by molar-refractivity contribution is -0.149. The minimum Gasteiger partial charge on any atom is -0.497 e. The van der Waals surface area contributed by atoms with Gasteiger partial charge in [0.15, 0.2) is 13.2 Å². The minimum atomic E-state index is -3.90. The molecule has 1 N–H and O–H groups in total. The molecule has 196 valence electrons. The number of hydrogen-bond donors (Lipinski definition) is 1. The van der Waals surface area contributed by atoms with Crippen molar-refractivity contribution in [1.29, 1.82) is 0 Å². The fourth-order valence-corrected chi connectivity index (χ4v) is 4.28. The quantitative estimate of drug-likeness (QED) is 0.374. The average molecular weight is 533 g/mol. The van der Waals surface area contributed by atoms with Gasteiger partial charge in [-0.3, -0.25) is 9.10 Å². The molecule has 0 saturated heterocycles. The van der Waals surface area contributed by atoms with Gasteiger partial charge in [-0.2, -0.15) is 0 Å². The van der Waals surface area contributed by atoms with E-state index in [1.165, 1.54) is 57.7 Å². The second-order valence-corrected chi connectivity index (χ2v) is 9.45. The van der Waals surface area contributed by atoms with Crippen molar-refractivity contribution in [2.75, 3.05) is 44.1 Å². The Balaban J connectivity index is 1.50. The second kappa shape index (κ2) is 12.1. The first-order chi connectivity index (χ1) is 17.6. The van der Waals surface area contributed by atoms with Crippen molar-refractivity contribution in [2.45, 2.75) is 4.90 Å². The van der Waals surface area contributed by atoms with Crippen molar-refractivity contribution < 1.29 is 41.3 Å². The molecular weight excluding hydrogens is 507 g/mol. The first-order valence-electron chi connectivity index (χ1n) is 10.8. The number of nitrogens with one attached hydrogen (secondary N) is 1. The molecule has 3 aromatic rings. The van der Waals surface area contributed by atoms with Gasteiger partial charge < -0.3 is 24.3 Å². The third-order valence-corrected chi connectivity index (χ3v) is 6.87. The van der Waals surface area contributed by atoms with E-state index in [-0.39, 0.29) is 10.6 Å². The number of ether oxygens (including phenoxy) is 4. The number of esters is 1. The summed E-state index contributed by atoms with van der Waals surface area (Å²) in [4.78, 5) is 24.1. The van der Waals surface area contributed by atoms with E-state index in [1.54, 1.807) is 18.2 Å². The summed E-state index contributed by atoms with van der Waals surface area (Å²) in [6, 6.07) is 15.3. The van der Waals surface area contributed by atoms with E-state index in [9.17, 15) is 22.4 Å². The first-order valence-corrected chi connectivity index (χ1v) is 12.2. The SMILES string of the molecule is COc1ccc(OC)c(NC(=O)COC(=O)COc2ccc(N(C)S(=O)(=O)c3ccc(F)cc3)cc2)c1. The fraction of sp³-hybridized carbons (Fsp3) is 0.200. The van der Waals surface area contributed by atoms with Gasteiger partial charge in [-0.05, 0) is 60.7 Å². The number of anilines is 2. The summed E-state index contributed by atoms with van der Waals surface area (Å²) < 4.78 is 60.2. The molecule has 10 nitrogen and oxygen atoms in total. The average Bonchev–Trinajstić information content (AvgIpc) is 2.90. The molecule has 3 aromatic carbocycles. The Morgan fingerprint density at radius 3 is 2.16 bits per heavy atom. The fourth-order valence-electron chi connectivity index (χ4n) is 3.08. The Bertz CT molecular complexity index is 1350. The molecule has 0 aromatic heterocycles. The highest BCUT2D eigenvalue weighted by Crippen LogP contribution is 2.29. The molecule has 0 aliphatic carbocycles. The number of rotatable bonds is 11. The maximum atomic E-state index is 13.1. The highest BCUT2D eigenvalue weighted by molar-refractivity contribution is 7.92. The zero-order valence-corrected chi connectivity index (χ0v) is 21.1. The summed E-state index contributed by atoms with van der Waals surface area (Å²) in [6.45, 7) is -1.02. The maximum absolute atomic E-state index is 13.1. The van der Waals surface area contributed by atoms with Crippen molar-refractivity contribution in [1.82, 2.24) is 0 Å². The number of hydrogen-bond acceptors (Lipinski definition) is 8. The number of carbonyl (C=O) groups excluding carboxylic acids is 2. The Morgan fingerprint density at radius 2 is 1.54 bits per heavy atom. The first kappa shape index (κ1) is 27.3. The highest BCUT2D eigenvalue weighted by atomic mass is 32.2. The number of methoxy groups -OCH3 is 2. The minimum absolute atomic E-state index is 0.0617. The van der Waals surface area contributed by atoms with E-state index in [1.807, 2.05) is 0 Å². The van der Waals surface area contributed by atoms with Gasteiger partial charge >= 0.3 is 5.97 Å². The molecule has 0 heterocycles. The van der Waals surface area contributed by atoms with Crippen LogP contribution in [0.2, 0.25) is 0 Å². The molecule has 0 spiro atoms. The normalized spacial score (nSPS) is 10.8. The van der Waals surface area contributed by atoms with E-state index in [4.69, 9.17) is 18.9 Å². The Kier molecular flexibility index (Phi) is 8.90. The van der Waals surface area contributed by atoms with Crippen LogP contribution in [0.1, 0.15) is 0 Å². The summed E-state index contributed by atoms with van der Waals surface area (Å²) in [5.74, 6) is -0.726. The molecule has 0 saturated carbocycles. The molecular formula is C25H25FN2O8S. The van der Waals surface area contributed by atoms with E-state index in [2.05, 4.69) is 5.32 Å². The predicted octanol–water partition coefficient (Wildman–Crippen LogP) is 3.23. The highest BCUT2D eigenvalue weighted by Gasteiger charge is 2.21. The Hall–Kier alpha value is -4.32. The van der Waals surface area contributed by atoms with Crippen LogP contribution in [0.3, 0.4) is 0 Å². The molecule has 1 amide bonds. The van der Waals surface area contributed by atoms with Crippen LogP contribution in [0, 0.1) is 5.82 Å². The van der Waals surface area contributed by atoms with E-state index in [0.717, 1.165) is 16.4 Å². The summed E-state index contributed by atoms with van der Waals surface area (Å²) in [6.07, 6.45) is 0. The van der Waals surface area contributed by atoms with Gasteiger partial charge in [-0.1, -0.05) is 0 Å². The van der Waals surface area contributed by atoms with Crippen LogP contribution >= 0.6 is 0 Å². The summed E-state index contributed by atoms with van der Waals surface area (Å²) in [5.41, 5.74) is 0.676. The Labute approximate surface area is 213 Å². The number of sulfonamides is 1. The molecule has 0 aliphatic heterocycles. The van der Waals surface area contributed by atoms with Gasteiger partial charge in [0.25, 0.3) is 15.9 Å². The predicted molar refractivity (Wildman–Crippen MR) is 133 cm³/mol. The van der Waals surface area contributed by atoms with Crippen LogP contribution in [0.25, 0.3) is 0 Å². The number of amides is 1. The number of carbonyl (C=O) groups is 2. The monoisotopic (exact) mass is 532 g/mol. The maximum Gasteiger partial charge on any atom is 0.344 e. The zero-order chi connectivity index (χ0) is 27.0. The van der Waals surface area contributed by atoms with Crippen LogP contribution in [-0.2, 0) is 24.3 Å². The van der Waals surface area contributed by atoms with Crippen LogP contribution in [-0.4, -0.2) is 54.8 Å². The van der Waals surface area contributed by atoms with Gasteiger partial charge in [-0.25, -0.2) is 17.6 Å². The number of benzene rings is 3. The van der Waals surface area contributed by atoms with E-state index >= 15 is 0 Å². The van der Waals surface area contributed by atoms with Gasteiger partial charge in [0, 0.05) is 13.1 Å². The molecule has 37 heavy (non-hydrogen) atoms. The molecule has 0 bridgehead atoms. The third-order valence-electron chi connectivity index (χ3n) is 5.07. The summed E-state index contributed by atoms with van der Waals surface area (Å²) >= 11 is 0. The van der Waals surface area contributed by atoms with Crippen molar-refractivity contribution in [3.63, 3.8) is 0 Å². The van der Waals surface area contributed by atoms with Gasteiger partial charge in [0.05, 0.1) is 30.5 Å². The van der Waals surface area contributed by atoms with Gasteiger partial charge in [-0.15, -0.1) is 0 Å². The van der Waals surface area contributed by atoms with Crippen molar-refractivity contribution in [3.8, 4) is 17.2 Å².